The maximum atomic E-state index is 12.8. The van der Waals surface area contributed by atoms with Gasteiger partial charge in [-0.25, -0.2) is 4.98 Å². The molecule has 8 heteroatoms. The SMILES string of the molecule is CCN1CCN(CC(C)CNc2nc3cc(C(F)(F)F)ccc3s2)CC1. The van der Waals surface area contributed by atoms with Gasteiger partial charge in [0.2, 0.25) is 0 Å². The van der Waals surface area contributed by atoms with E-state index >= 15 is 0 Å². The highest BCUT2D eigenvalue weighted by Crippen LogP contribution is 2.34. The van der Waals surface area contributed by atoms with Gasteiger partial charge in [0.15, 0.2) is 5.13 Å². The van der Waals surface area contributed by atoms with Gasteiger partial charge in [0.05, 0.1) is 15.8 Å². The Hall–Kier alpha value is -1.38. The van der Waals surface area contributed by atoms with E-state index in [4.69, 9.17) is 0 Å². The number of halogens is 3. The molecule has 0 radical (unpaired) electrons. The van der Waals surface area contributed by atoms with Gasteiger partial charge in [-0.05, 0) is 30.7 Å². The van der Waals surface area contributed by atoms with Crippen LogP contribution in [0.1, 0.15) is 19.4 Å². The zero-order valence-corrected chi connectivity index (χ0v) is 16.0. The van der Waals surface area contributed by atoms with E-state index in [1.54, 1.807) is 0 Å². The van der Waals surface area contributed by atoms with Crippen molar-refractivity contribution in [2.24, 2.45) is 5.92 Å². The molecule has 1 N–H and O–H groups in total. The number of piperazine rings is 1. The monoisotopic (exact) mass is 386 g/mol. The van der Waals surface area contributed by atoms with Crippen LogP contribution in [0.15, 0.2) is 18.2 Å². The summed E-state index contributed by atoms with van der Waals surface area (Å²) in [6.45, 7) is 11.7. The number of anilines is 1. The Balaban J connectivity index is 1.52. The summed E-state index contributed by atoms with van der Waals surface area (Å²) in [5.74, 6) is 0.445. The van der Waals surface area contributed by atoms with Crippen LogP contribution in [0.25, 0.3) is 10.2 Å². The molecule has 26 heavy (non-hydrogen) atoms. The fraction of sp³-hybridized carbons (Fsp3) is 0.611. The fourth-order valence-corrected chi connectivity index (χ4v) is 4.09. The van der Waals surface area contributed by atoms with Crippen LogP contribution >= 0.6 is 11.3 Å². The Morgan fingerprint density at radius 2 is 1.88 bits per heavy atom. The average molecular weight is 386 g/mol. The maximum absolute atomic E-state index is 12.8. The first-order chi connectivity index (χ1) is 12.3. The fourth-order valence-electron chi connectivity index (χ4n) is 3.23. The minimum Gasteiger partial charge on any atom is -0.361 e. The molecular weight excluding hydrogens is 361 g/mol. The number of nitrogens with zero attached hydrogens (tertiary/aromatic N) is 3. The second-order valence-corrected chi connectivity index (χ2v) is 7.95. The molecule has 0 spiro atoms. The van der Waals surface area contributed by atoms with Crippen LogP contribution in [0.4, 0.5) is 18.3 Å². The summed E-state index contributed by atoms with van der Waals surface area (Å²) in [6.07, 6.45) is -4.33. The van der Waals surface area contributed by atoms with Crippen molar-refractivity contribution in [3.63, 3.8) is 0 Å². The molecule has 1 atom stereocenters. The van der Waals surface area contributed by atoms with E-state index in [-0.39, 0.29) is 0 Å². The zero-order valence-electron chi connectivity index (χ0n) is 15.1. The van der Waals surface area contributed by atoms with Crippen molar-refractivity contribution in [3.05, 3.63) is 23.8 Å². The molecule has 1 aromatic carbocycles. The highest BCUT2D eigenvalue weighted by atomic mass is 32.1. The zero-order chi connectivity index (χ0) is 18.7. The predicted molar refractivity (Wildman–Crippen MR) is 101 cm³/mol. The number of likely N-dealkylation sites (N-methyl/N-ethyl adjacent to an activating group) is 1. The molecule has 1 aliphatic heterocycles. The number of thiazole rings is 1. The summed E-state index contributed by atoms with van der Waals surface area (Å²) in [4.78, 5) is 9.25. The van der Waals surface area contributed by atoms with Crippen LogP contribution in [0.3, 0.4) is 0 Å². The topological polar surface area (TPSA) is 31.4 Å². The third-order valence-electron chi connectivity index (χ3n) is 4.80. The second kappa shape index (κ2) is 8.10. The lowest BCUT2D eigenvalue weighted by molar-refractivity contribution is -0.137. The van der Waals surface area contributed by atoms with Gasteiger partial charge < -0.3 is 15.1 Å². The normalized spacial score (nSPS) is 18.3. The maximum Gasteiger partial charge on any atom is 0.416 e. The van der Waals surface area contributed by atoms with Crippen LogP contribution in [-0.2, 0) is 6.18 Å². The molecule has 1 aliphatic rings. The van der Waals surface area contributed by atoms with Crippen LogP contribution in [0.2, 0.25) is 0 Å². The molecule has 1 fully saturated rings. The van der Waals surface area contributed by atoms with Crippen molar-refractivity contribution >= 4 is 26.7 Å². The van der Waals surface area contributed by atoms with Crippen LogP contribution in [0.5, 0.6) is 0 Å². The van der Waals surface area contributed by atoms with Crippen LogP contribution < -0.4 is 5.32 Å². The lowest BCUT2D eigenvalue weighted by Crippen LogP contribution is -2.47. The molecule has 0 bridgehead atoms. The Bertz CT molecular complexity index is 723. The van der Waals surface area contributed by atoms with E-state index in [0.29, 0.717) is 16.6 Å². The van der Waals surface area contributed by atoms with Gasteiger partial charge in [0.25, 0.3) is 0 Å². The first kappa shape index (κ1) is 19.4. The van der Waals surface area contributed by atoms with E-state index in [2.05, 4.69) is 33.9 Å². The minimum atomic E-state index is -4.33. The highest BCUT2D eigenvalue weighted by Gasteiger charge is 2.30. The van der Waals surface area contributed by atoms with Gasteiger partial charge in [0.1, 0.15) is 0 Å². The molecule has 0 aliphatic carbocycles. The molecule has 1 aromatic heterocycles. The number of hydrogen-bond acceptors (Lipinski definition) is 5. The van der Waals surface area contributed by atoms with Crippen LogP contribution in [-0.4, -0.2) is 60.6 Å². The summed E-state index contributed by atoms with van der Waals surface area (Å²) < 4.78 is 39.2. The van der Waals surface area contributed by atoms with Crippen molar-refractivity contribution in [1.29, 1.82) is 0 Å². The van der Waals surface area contributed by atoms with Gasteiger partial charge in [-0.2, -0.15) is 13.2 Å². The number of benzene rings is 1. The Morgan fingerprint density at radius 1 is 1.19 bits per heavy atom. The van der Waals surface area contributed by atoms with Crippen molar-refractivity contribution in [2.45, 2.75) is 20.0 Å². The number of hydrogen-bond donors (Lipinski definition) is 1. The number of alkyl halides is 3. The molecule has 144 valence electrons. The van der Waals surface area contributed by atoms with Gasteiger partial charge in [-0.3, -0.25) is 0 Å². The Labute approximate surface area is 156 Å². The van der Waals surface area contributed by atoms with Gasteiger partial charge in [-0.1, -0.05) is 25.2 Å². The molecule has 3 rings (SSSR count). The molecule has 2 aromatic rings. The molecular formula is C18H25F3N4S. The third kappa shape index (κ3) is 4.86. The number of fused-ring (bicyclic) bond motifs is 1. The van der Waals surface area contributed by atoms with Crippen molar-refractivity contribution in [2.75, 3.05) is 51.1 Å². The van der Waals surface area contributed by atoms with Gasteiger partial charge >= 0.3 is 6.18 Å². The minimum absolute atomic E-state index is 0.399. The van der Waals surface area contributed by atoms with Crippen LogP contribution in [0, 0.1) is 5.92 Å². The predicted octanol–water partition coefficient (Wildman–Crippen LogP) is 4.00. The number of aromatic nitrogens is 1. The van der Waals surface area contributed by atoms with E-state index in [1.807, 2.05) is 0 Å². The van der Waals surface area contributed by atoms with E-state index < -0.39 is 11.7 Å². The summed E-state index contributed by atoms with van der Waals surface area (Å²) in [7, 11) is 0. The largest absolute Gasteiger partial charge is 0.416 e. The molecule has 4 nitrogen and oxygen atoms in total. The summed E-state index contributed by atoms with van der Waals surface area (Å²) in [6, 6.07) is 3.73. The molecule has 1 saturated heterocycles. The second-order valence-electron chi connectivity index (χ2n) is 6.92. The Kier molecular flexibility index (Phi) is 6.04. The first-order valence-corrected chi connectivity index (χ1v) is 9.83. The molecule has 0 saturated carbocycles. The number of rotatable bonds is 6. The summed E-state index contributed by atoms with van der Waals surface area (Å²) in [5.41, 5.74) is -0.253. The number of nitrogens with one attached hydrogen (secondary N) is 1. The average Bonchev–Trinajstić information content (AvgIpc) is 3.02. The standard InChI is InChI=1S/C18H25F3N4S/c1-3-24-6-8-25(9-7-24)12-13(2)11-22-17-23-15-10-14(18(19,20)21)4-5-16(15)26-17/h4-5,10,13H,3,6-9,11-12H2,1-2H3,(H,22,23). The van der Waals surface area contributed by atoms with Crippen molar-refractivity contribution in [1.82, 2.24) is 14.8 Å². The van der Waals surface area contributed by atoms with Crippen molar-refractivity contribution < 1.29 is 13.2 Å². The Morgan fingerprint density at radius 3 is 2.54 bits per heavy atom. The van der Waals surface area contributed by atoms with E-state index in [0.717, 1.165) is 62.6 Å². The van der Waals surface area contributed by atoms with E-state index in [9.17, 15) is 13.2 Å². The molecule has 2 heterocycles. The summed E-state index contributed by atoms with van der Waals surface area (Å²) >= 11 is 1.40. The van der Waals surface area contributed by atoms with Gasteiger partial charge in [-0.15, -0.1) is 0 Å². The molecule has 1 unspecified atom stereocenters. The lowest BCUT2D eigenvalue weighted by atomic mass is 10.1. The third-order valence-corrected chi connectivity index (χ3v) is 5.79. The van der Waals surface area contributed by atoms with Gasteiger partial charge in [0, 0.05) is 39.3 Å². The quantitative estimate of drug-likeness (QED) is 0.813. The van der Waals surface area contributed by atoms with E-state index in [1.165, 1.54) is 17.4 Å². The first-order valence-electron chi connectivity index (χ1n) is 9.01. The smallest absolute Gasteiger partial charge is 0.361 e. The highest BCUT2D eigenvalue weighted by molar-refractivity contribution is 7.22. The van der Waals surface area contributed by atoms with Crippen molar-refractivity contribution in [3.8, 4) is 0 Å². The molecule has 0 amide bonds. The lowest BCUT2D eigenvalue weighted by Gasteiger charge is -2.35. The summed E-state index contributed by atoms with van der Waals surface area (Å²) in [5, 5.41) is 3.97.